The fourth-order valence-electron chi connectivity index (χ4n) is 4.55. The van der Waals surface area contributed by atoms with Crippen molar-refractivity contribution in [2.24, 2.45) is 0 Å². The van der Waals surface area contributed by atoms with Crippen LogP contribution >= 0.6 is 11.3 Å². The topological polar surface area (TPSA) is 49.4 Å². The van der Waals surface area contributed by atoms with Crippen LogP contribution in [0.25, 0.3) is 0 Å². The molecular formula is C28H32N2O2S. The summed E-state index contributed by atoms with van der Waals surface area (Å²) in [6.45, 7) is 4.10. The van der Waals surface area contributed by atoms with E-state index >= 15 is 0 Å². The lowest BCUT2D eigenvalue weighted by Gasteiger charge is -2.34. The van der Waals surface area contributed by atoms with Crippen LogP contribution in [0.3, 0.4) is 0 Å². The van der Waals surface area contributed by atoms with Gasteiger partial charge in [0.1, 0.15) is 6.04 Å². The summed E-state index contributed by atoms with van der Waals surface area (Å²) in [5.41, 5.74) is 4.80. The van der Waals surface area contributed by atoms with Gasteiger partial charge in [0.2, 0.25) is 11.8 Å². The second-order valence-electron chi connectivity index (χ2n) is 9.00. The SMILES string of the molecule is Cc1ccc(N(C(=O)Cc2ccsc2)[C@@H](C(=O)NC2CCCCC2)c2ccccc2)cc1C. The van der Waals surface area contributed by atoms with Crippen molar-refractivity contribution >= 4 is 28.8 Å². The van der Waals surface area contributed by atoms with Crippen LogP contribution in [0, 0.1) is 13.8 Å². The van der Waals surface area contributed by atoms with Crippen molar-refractivity contribution in [1.29, 1.82) is 0 Å². The van der Waals surface area contributed by atoms with Crippen molar-refractivity contribution in [3.05, 3.63) is 87.6 Å². The first-order valence-electron chi connectivity index (χ1n) is 11.8. The third-order valence-electron chi connectivity index (χ3n) is 6.55. The molecule has 1 fully saturated rings. The average Bonchev–Trinajstić information content (AvgIpc) is 3.33. The predicted molar refractivity (Wildman–Crippen MR) is 136 cm³/mol. The Morgan fingerprint density at radius 3 is 2.42 bits per heavy atom. The summed E-state index contributed by atoms with van der Waals surface area (Å²) in [6.07, 6.45) is 5.76. The molecule has 0 radical (unpaired) electrons. The quantitative estimate of drug-likeness (QED) is 0.461. The molecule has 2 amide bonds. The fraction of sp³-hybridized carbons (Fsp3) is 0.357. The Kier molecular flexibility index (Phi) is 7.61. The molecule has 33 heavy (non-hydrogen) atoms. The number of carbonyl (C=O) groups excluding carboxylic acids is 2. The minimum Gasteiger partial charge on any atom is -0.351 e. The molecule has 4 nitrogen and oxygen atoms in total. The van der Waals surface area contributed by atoms with Crippen LogP contribution in [-0.4, -0.2) is 17.9 Å². The van der Waals surface area contributed by atoms with Gasteiger partial charge in [-0.3, -0.25) is 14.5 Å². The maximum Gasteiger partial charge on any atom is 0.248 e. The molecule has 0 spiro atoms. The number of nitrogens with zero attached hydrogens (tertiary/aromatic N) is 1. The second-order valence-corrected chi connectivity index (χ2v) is 9.78. The highest BCUT2D eigenvalue weighted by molar-refractivity contribution is 7.08. The van der Waals surface area contributed by atoms with Gasteiger partial charge >= 0.3 is 0 Å². The van der Waals surface area contributed by atoms with Crippen LogP contribution in [0.15, 0.2) is 65.4 Å². The lowest BCUT2D eigenvalue weighted by molar-refractivity contribution is -0.127. The summed E-state index contributed by atoms with van der Waals surface area (Å²) in [5.74, 6) is -0.186. The number of anilines is 1. The van der Waals surface area contributed by atoms with E-state index in [1.807, 2.05) is 72.3 Å². The molecule has 1 aromatic heterocycles. The fourth-order valence-corrected chi connectivity index (χ4v) is 5.21. The lowest BCUT2D eigenvalue weighted by atomic mass is 9.94. The van der Waals surface area contributed by atoms with Crippen molar-refractivity contribution in [1.82, 2.24) is 5.32 Å². The number of benzene rings is 2. The standard InChI is InChI=1S/C28H32N2O2S/c1-20-13-14-25(17-21(20)2)30(26(31)18-22-15-16-33-19-22)27(23-9-5-3-6-10-23)28(32)29-24-11-7-4-8-12-24/h3,5-6,9-10,13-17,19,24,27H,4,7-8,11-12,18H2,1-2H3,(H,29,32)/t27-/m1/s1. The number of aryl methyl sites for hydroxylation is 2. The lowest BCUT2D eigenvalue weighted by Crippen LogP contribution is -2.47. The van der Waals surface area contributed by atoms with Gasteiger partial charge in [-0.2, -0.15) is 11.3 Å². The molecule has 3 aromatic rings. The third-order valence-corrected chi connectivity index (χ3v) is 7.28. The highest BCUT2D eigenvalue weighted by Gasteiger charge is 2.34. The summed E-state index contributed by atoms with van der Waals surface area (Å²) in [6, 6.07) is 17.1. The zero-order valence-corrected chi connectivity index (χ0v) is 20.2. The van der Waals surface area contributed by atoms with Crippen molar-refractivity contribution in [2.45, 2.75) is 64.5 Å². The summed E-state index contributed by atoms with van der Waals surface area (Å²) in [4.78, 5) is 29.3. The molecule has 1 aliphatic rings. The number of nitrogens with one attached hydrogen (secondary N) is 1. The molecule has 2 aromatic carbocycles. The van der Waals surface area contributed by atoms with Gasteiger partial charge in [-0.05, 0) is 77.9 Å². The Labute approximate surface area is 200 Å². The summed E-state index contributed by atoms with van der Waals surface area (Å²) in [7, 11) is 0. The van der Waals surface area contributed by atoms with Gasteiger partial charge < -0.3 is 5.32 Å². The first-order valence-corrected chi connectivity index (χ1v) is 12.7. The molecule has 172 valence electrons. The van der Waals surface area contributed by atoms with E-state index in [0.29, 0.717) is 0 Å². The molecule has 0 saturated heterocycles. The molecule has 0 unspecified atom stereocenters. The Morgan fingerprint density at radius 2 is 1.76 bits per heavy atom. The minimum absolute atomic E-state index is 0.0794. The monoisotopic (exact) mass is 460 g/mol. The molecular weight excluding hydrogens is 428 g/mol. The number of carbonyl (C=O) groups is 2. The van der Waals surface area contributed by atoms with Crippen molar-refractivity contribution < 1.29 is 9.59 Å². The summed E-state index contributed by atoms with van der Waals surface area (Å²) >= 11 is 1.58. The maximum absolute atomic E-state index is 13.8. The highest BCUT2D eigenvalue weighted by Crippen LogP contribution is 2.31. The zero-order valence-electron chi connectivity index (χ0n) is 19.4. The smallest absolute Gasteiger partial charge is 0.248 e. The Bertz CT molecular complexity index is 1070. The van der Waals surface area contributed by atoms with E-state index in [1.165, 1.54) is 6.42 Å². The molecule has 0 aliphatic heterocycles. The van der Waals surface area contributed by atoms with Gasteiger partial charge in [0.05, 0.1) is 6.42 Å². The van der Waals surface area contributed by atoms with Crippen LogP contribution in [0.1, 0.15) is 60.4 Å². The van der Waals surface area contributed by atoms with E-state index in [1.54, 1.807) is 16.2 Å². The van der Waals surface area contributed by atoms with E-state index < -0.39 is 6.04 Å². The van der Waals surface area contributed by atoms with Crippen LogP contribution in [0.2, 0.25) is 0 Å². The number of thiophene rings is 1. The number of hydrogen-bond donors (Lipinski definition) is 1. The Morgan fingerprint density at radius 1 is 1.00 bits per heavy atom. The van der Waals surface area contributed by atoms with Crippen molar-refractivity contribution in [2.75, 3.05) is 4.90 Å². The molecule has 1 saturated carbocycles. The predicted octanol–water partition coefficient (Wildman–Crippen LogP) is 6.13. The molecule has 1 atom stereocenters. The summed E-state index contributed by atoms with van der Waals surface area (Å²) in [5, 5.41) is 7.25. The highest BCUT2D eigenvalue weighted by atomic mass is 32.1. The first-order chi connectivity index (χ1) is 16.0. The Balaban J connectivity index is 1.74. The summed E-state index contributed by atoms with van der Waals surface area (Å²) < 4.78 is 0. The van der Waals surface area contributed by atoms with Crippen LogP contribution in [0.4, 0.5) is 5.69 Å². The number of rotatable bonds is 7. The maximum atomic E-state index is 13.8. The minimum atomic E-state index is -0.721. The molecule has 1 N–H and O–H groups in total. The average molecular weight is 461 g/mol. The normalized spacial score (nSPS) is 15.1. The zero-order chi connectivity index (χ0) is 23.2. The third kappa shape index (κ3) is 5.72. The number of hydrogen-bond acceptors (Lipinski definition) is 3. The number of amides is 2. The van der Waals surface area contributed by atoms with Gasteiger partial charge in [0.25, 0.3) is 0 Å². The second kappa shape index (κ2) is 10.8. The van der Waals surface area contributed by atoms with E-state index in [0.717, 1.165) is 53.6 Å². The van der Waals surface area contributed by atoms with Gasteiger partial charge in [-0.1, -0.05) is 55.7 Å². The van der Waals surface area contributed by atoms with Gasteiger partial charge in [0, 0.05) is 11.7 Å². The van der Waals surface area contributed by atoms with E-state index in [9.17, 15) is 9.59 Å². The van der Waals surface area contributed by atoms with Gasteiger partial charge in [-0.15, -0.1) is 0 Å². The van der Waals surface area contributed by atoms with E-state index in [2.05, 4.69) is 12.2 Å². The van der Waals surface area contributed by atoms with E-state index in [-0.39, 0.29) is 24.3 Å². The van der Waals surface area contributed by atoms with Crippen molar-refractivity contribution in [3.8, 4) is 0 Å². The Hall–Kier alpha value is -2.92. The van der Waals surface area contributed by atoms with Gasteiger partial charge in [0.15, 0.2) is 0 Å². The van der Waals surface area contributed by atoms with Crippen LogP contribution < -0.4 is 10.2 Å². The van der Waals surface area contributed by atoms with Crippen molar-refractivity contribution in [3.63, 3.8) is 0 Å². The van der Waals surface area contributed by atoms with E-state index in [4.69, 9.17) is 0 Å². The largest absolute Gasteiger partial charge is 0.351 e. The molecule has 0 bridgehead atoms. The van der Waals surface area contributed by atoms with Gasteiger partial charge in [-0.25, -0.2) is 0 Å². The molecule has 5 heteroatoms. The molecule has 1 aliphatic carbocycles. The molecule has 1 heterocycles. The van der Waals surface area contributed by atoms with Crippen LogP contribution in [-0.2, 0) is 16.0 Å². The first kappa shape index (κ1) is 23.2. The van der Waals surface area contributed by atoms with Crippen LogP contribution in [0.5, 0.6) is 0 Å². The molecule has 4 rings (SSSR count).